The number of hydrogen-bond acceptors (Lipinski definition) is 19. The predicted octanol–water partition coefficient (Wildman–Crippen LogP) is 9.62. The van der Waals surface area contributed by atoms with Gasteiger partial charge in [0.15, 0.2) is 11.7 Å². The third kappa shape index (κ3) is 16.9. The molecule has 0 aromatic rings. The molecule has 0 saturated carbocycles. The summed E-state index contributed by atoms with van der Waals surface area (Å²) in [5.41, 5.74) is -8.87. The van der Waals surface area contributed by atoms with Gasteiger partial charge in [-0.1, -0.05) is 44.6 Å². The molecule has 0 amide bonds. The Morgan fingerprint density at radius 1 is 0.463 bits per heavy atom. The van der Waals surface area contributed by atoms with Crippen LogP contribution < -0.4 is 0 Å². The normalized spacial score (nSPS) is 25.3. The van der Waals surface area contributed by atoms with Gasteiger partial charge >= 0.3 is 29.8 Å². The van der Waals surface area contributed by atoms with Crippen LogP contribution in [0.1, 0.15) is 253 Å². The lowest BCUT2D eigenvalue weighted by atomic mass is 9.76. The van der Waals surface area contributed by atoms with Crippen molar-refractivity contribution in [1.82, 2.24) is 20.3 Å². The Balaban J connectivity index is 1.45. The van der Waals surface area contributed by atoms with Gasteiger partial charge in [0.25, 0.3) is 0 Å². The van der Waals surface area contributed by atoms with Crippen LogP contribution in [0.5, 0.6) is 0 Å². The Labute approximate surface area is 479 Å². The number of ether oxygens (including phenoxy) is 6. The van der Waals surface area contributed by atoms with E-state index in [1.54, 1.807) is 0 Å². The van der Waals surface area contributed by atoms with Gasteiger partial charge in [-0.05, 0) is 162 Å². The second-order valence-electron chi connectivity index (χ2n) is 29.2. The van der Waals surface area contributed by atoms with Crippen molar-refractivity contribution in [1.29, 1.82) is 0 Å². The number of piperidine rings is 4. The van der Waals surface area contributed by atoms with Crippen molar-refractivity contribution < 1.29 is 78.3 Å². The summed E-state index contributed by atoms with van der Waals surface area (Å²) in [6.07, 6.45) is 1.30. The molecule has 4 rings (SSSR count). The van der Waals surface area contributed by atoms with Crippen molar-refractivity contribution in [3.8, 4) is 0 Å². The molecule has 0 spiro atoms. The number of hydroxylamine groups is 8. The predicted molar refractivity (Wildman–Crippen MR) is 300 cm³/mol. The molecule has 80 heavy (non-hydrogen) atoms. The van der Waals surface area contributed by atoms with Gasteiger partial charge in [0.1, 0.15) is 23.7 Å². The van der Waals surface area contributed by atoms with Crippen molar-refractivity contribution in [3.05, 3.63) is 0 Å². The van der Waals surface area contributed by atoms with E-state index in [9.17, 15) is 44.7 Å². The quantitative estimate of drug-likeness (QED) is 0.0157. The molecule has 0 aliphatic carbocycles. The maximum Gasteiger partial charge on any atom is 0.323 e. The first kappa shape index (κ1) is 69.4. The molecule has 4 fully saturated rings. The number of nitrogens with zero attached hydrogens (tertiary/aromatic N) is 4. The summed E-state index contributed by atoms with van der Waals surface area (Å²) in [6, 6.07) is 0. The minimum absolute atomic E-state index is 0.0404. The van der Waals surface area contributed by atoms with E-state index in [2.05, 4.69) is 0 Å². The van der Waals surface area contributed by atoms with Gasteiger partial charge in [0, 0.05) is 71.8 Å². The van der Waals surface area contributed by atoms with Gasteiger partial charge in [0.2, 0.25) is 0 Å². The summed E-state index contributed by atoms with van der Waals surface area (Å²) < 4.78 is 36.6. The SMILES string of the molecule is CCCCC(CCCOC(=O)CCC(=O)OCCCC(CCCC)(C(=O)OC1CC(C)(C)N(O)C(C)(C)C1)C(O)OC1CC(C)(C)N(O)C(C)(C)C1)(C(=O)OC1CC(C)(C)N(O)C(C)(C)C1)C(=O)OC1CC(C)(C)N([OH2+])C(C)(C)C1. The smallest absolute Gasteiger partial charge is 0.323 e. The highest BCUT2D eigenvalue weighted by Gasteiger charge is 2.57. The van der Waals surface area contributed by atoms with Crippen molar-refractivity contribution in [2.45, 2.75) is 328 Å². The Morgan fingerprint density at radius 2 is 0.750 bits per heavy atom. The van der Waals surface area contributed by atoms with Crippen LogP contribution in [0.15, 0.2) is 0 Å². The average molecular weight is 1140 g/mol. The number of unbranched alkanes of at least 4 members (excludes halogenated alkanes) is 2. The summed E-state index contributed by atoms with van der Waals surface area (Å²) in [5.74, 6) is -3.44. The third-order valence-corrected chi connectivity index (χ3v) is 17.8. The first-order valence-corrected chi connectivity index (χ1v) is 29.8. The summed E-state index contributed by atoms with van der Waals surface area (Å²) in [4.78, 5) is 70.6. The number of aliphatic hydroxyl groups is 1. The van der Waals surface area contributed by atoms with E-state index in [-0.39, 0.29) is 64.6 Å². The topological polar surface area (TPSA) is 258 Å². The lowest BCUT2D eigenvalue weighted by Crippen LogP contribution is -2.62. The number of hydrogen-bond donors (Lipinski definition) is 4. The van der Waals surface area contributed by atoms with Crippen molar-refractivity contribution in [2.75, 3.05) is 13.2 Å². The molecule has 6 N–H and O–H groups in total. The first-order chi connectivity index (χ1) is 36.6. The standard InChI is InChI=1S/C60H108N4O16/c1-19-21-27-59(47(67)77-41-33-51(3,4)61(71)52(5,6)34-41,48(68)78-42-35-53(7,8)62(72)54(9,10)36-42)29-23-31-75-45(65)25-26-46(66)76-32-24-30-60(28-22-20-2,49(69)79-43-37-55(11,12)63(73)56(13,14)38-43)50(70)80-44-39-57(15,16)64(74)58(17,18)40-44/h41-44,47,67,71-74H,19-40H2,1-18H3/p+1. The van der Waals surface area contributed by atoms with Gasteiger partial charge in [-0.2, -0.15) is 15.2 Å². The molecule has 4 saturated heterocycles. The highest BCUT2D eigenvalue weighted by Crippen LogP contribution is 2.47. The van der Waals surface area contributed by atoms with Crippen LogP contribution in [0, 0.1) is 10.8 Å². The second kappa shape index (κ2) is 26.5. The maximum atomic E-state index is 14.8. The molecule has 20 heteroatoms. The third-order valence-electron chi connectivity index (χ3n) is 17.8. The minimum Gasteiger partial charge on any atom is -0.466 e. The Kier molecular flexibility index (Phi) is 23.0. The molecule has 3 atom stereocenters. The molecular weight excluding hydrogens is 1030 g/mol. The van der Waals surface area contributed by atoms with Crippen LogP contribution in [-0.4, -0.2) is 164 Å². The molecule has 0 aromatic heterocycles. The molecule has 4 aliphatic heterocycles. The number of rotatable bonds is 26. The van der Waals surface area contributed by atoms with Crippen LogP contribution in [0.2, 0.25) is 0 Å². The van der Waals surface area contributed by atoms with Crippen molar-refractivity contribution >= 4 is 29.8 Å². The maximum absolute atomic E-state index is 14.8. The van der Waals surface area contributed by atoms with Crippen LogP contribution in [0.25, 0.3) is 0 Å². The highest BCUT2D eigenvalue weighted by molar-refractivity contribution is 6.00. The van der Waals surface area contributed by atoms with E-state index in [4.69, 9.17) is 33.6 Å². The summed E-state index contributed by atoms with van der Waals surface area (Å²) in [5, 5.41) is 59.4. The van der Waals surface area contributed by atoms with E-state index < -0.39 is 116 Å². The fraction of sp³-hybridized carbons (Fsp3) is 0.917. The van der Waals surface area contributed by atoms with Gasteiger partial charge in [-0.25, -0.2) is 0 Å². The Hall–Kier alpha value is -3.05. The van der Waals surface area contributed by atoms with E-state index in [0.717, 1.165) is 0 Å². The van der Waals surface area contributed by atoms with E-state index in [1.807, 2.05) is 125 Å². The first-order valence-electron chi connectivity index (χ1n) is 29.8. The number of carbonyl (C=O) groups excluding carboxylic acids is 5. The summed E-state index contributed by atoms with van der Waals surface area (Å²) in [7, 11) is 0. The van der Waals surface area contributed by atoms with Gasteiger partial charge in [-0.3, -0.25) is 24.0 Å². The van der Waals surface area contributed by atoms with E-state index in [1.165, 1.54) is 20.3 Å². The van der Waals surface area contributed by atoms with E-state index >= 15 is 0 Å². The van der Waals surface area contributed by atoms with Gasteiger partial charge in [0.05, 0.1) is 43.2 Å². The zero-order valence-electron chi connectivity index (χ0n) is 52.5. The Morgan fingerprint density at radius 3 is 1.11 bits per heavy atom. The molecule has 3 unspecified atom stereocenters. The average Bonchev–Trinajstić information content (AvgIpc) is 3.31. The number of carbonyl (C=O) groups is 5. The van der Waals surface area contributed by atoms with Crippen molar-refractivity contribution in [2.24, 2.45) is 10.8 Å². The van der Waals surface area contributed by atoms with Crippen LogP contribution in [0.3, 0.4) is 0 Å². The second-order valence-corrected chi connectivity index (χ2v) is 29.2. The molecule has 20 nitrogen and oxygen atoms in total. The summed E-state index contributed by atoms with van der Waals surface area (Å²) >= 11 is 0. The summed E-state index contributed by atoms with van der Waals surface area (Å²) in [6.45, 7) is 33.9. The van der Waals surface area contributed by atoms with Gasteiger partial charge in [-0.15, -0.1) is 0 Å². The van der Waals surface area contributed by atoms with Gasteiger partial charge < -0.3 is 54.4 Å². The molecule has 4 aliphatic rings. The Bertz CT molecular complexity index is 1980. The molecule has 0 radical (unpaired) electrons. The number of esters is 5. The largest absolute Gasteiger partial charge is 0.466 e. The molecular formula is C60H109N4O16+. The van der Waals surface area contributed by atoms with Crippen LogP contribution in [-0.2, 0) is 52.4 Å². The molecule has 464 valence electrons. The van der Waals surface area contributed by atoms with Crippen LogP contribution in [0.4, 0.5) is 0 Å². The highest BCUT2D eigenvalue weighted by atomic mass is 16.6. The fourth-order valence-corrected chi connectivity index (χ4v) is 13.9. The molecule has 0 bridgehead atoms. The fourth-order valence-electron chi connectivity index (χ4n) is 13.9. The van der Waals surface area contributed by atoms with Crippen molar-refractivity contribution in [3.63, 3.8) is 0 Å². The molecule has 0 aromatic carbocycles. The number of aliphatic hydroxyl groups excluding tert-OH is 1. The zero-order valence-corrected chi connectivity index (χ0v) is 52.5. The lowest BCUT2D eigenvalue weighted by Gasteiger charge is -2.52. The zero-order chi connectivity index (χ0) is 60.9. The lowest BCUT2D eigenvalue weighted by molar-refractivity contribution is -0.288. The minimum atomic E-state index is -1.74. The monoisotopic (exact) mass is 1140 g/mol. The van der Waals surface area contributed by atoms with Crippen LogP contribution >= 0.6 is 0 Å². The molecule has 4 heterocycles. The van der Waals surface area contributed by atoms with E-state index in [0.29, 0.717) is 77.0 Å².